The van der Waals surface area contributed by atoms with Crippen molar-refractivity contribution in [1.29, 1.82) is 0 Å². The summed E-state index contributed by atoms with van der Waals surface area (Å²) in [6, 6.07) is 7.55. The van der Waals surface area contributed by atoms with Crippen molar-refractivity contribution in [1.82, 2.24) is 9.80 Å². The van der Waals surface area contributed by atoms with Crippen molar-refractivity contribution in [2.75, 3.05) is 13.6 Å². The van der Waals surface area contributed by atoms with Crippen molar-refractivity contribution >= 4 is 11.9 Å². The van der Waals surface area contributed by atoms with Crippen LogP contribution in [0.3, 0.4) is 0 Å². The van der Waals surface area contributed by atoms with Crippen LogP contribution in [0.4, 0.5) is 17.6 Å². The van der Waals surface area contributed by atoms with Crippen LogP contribution in [0, 0.1) is 5.82 Å². The van der Waals surface area contributed by atoms with Gasteiger partial charge in [0, 0.05) is 38.6 Å². The zero-order chi connectivity index (χ0) is 19.5. The number of fused-ring (bicyclic) bond motifs is 1. The Morgan fingerprint density at radius 2 is 1.77 bits per heavy atom. The molecular weight excluding hydrogens is 356 g/mol. The summed E-state index contributed by atoms with van der Waals surface area (Å²) in [6.45, 7) is 1.87. The van der Waals surface area contributed by atoms with Crippen LogP contribution in [0.15, 0.2) is 24.3 Å². The van der Waals surface area contributed by atoms with Crippen molar-refractivity contribution < 1.29 is 32.3 Å². The van der Waals surface area contributed by atoms with Crippen molar-refractivity contribution in [3.05, 3.63) is 35.6 Å². The normalized spacial score (nSPS) is 23.3. The van der Waals surface area contributed by atoms with E-state index < -0.39 is 12.1 Å². The number of likely N-dealkylation sites (N-methyl/N-ethyl adjacent to an activating group) is 1. The minimum Gasteiger partial charge on any atom is -0.475 e. The SMILES string of the molecule is CN1C(=O)CC[C@@H]2[C@H]1CCN2Cc1ccc(F)cc1.O=C(O)C(F)(F)F. The van der Waals surface area contributed by atoms with Gasteiger partial charge in [0.2, 0.25) is 5.91 Å². The number of nitrogens with zero attached hydrogens (tertiary/aromatic N) is 2. The molecule has 0 radical (unpaired) electrons. The molecule has 1 amide bonds. The summed E-state index contributed by atoms with van der Waals surface area (Å²) in [7, 11) is 1.92. The number of alkyl halides is 3. The molecule has 0 spiro atoms. The summed E-state index contributed by atoms with van der Waals surface area (Å²) in [4.78, 5) is 24.9. The molecule has 2 aliphatic rings. The Morgan fingerprint density at radius 3 is 2.31 bits per heavy atom. The van der Waals surface area contributed by atoms with Gasteiger partial charge in [0.05, 0.1) is 0 Å². The smallest absolute Gasteiger partial charge is 0.475 e. The lowest BCUT2D eigenvalue weighted by Gasteiger charge is -2.37. The molecule has 1 N–H and O–H groups in total. The Hall–Kier alpha value is -2.16. The standard InChI is InChI=1S/C15H19FN2O.C2HF3O2/c1-17-13-8-9-18(14(13)6-7-15(17)19)10-11-2-4-12(16)5-3-11;3-2(4,5)1(6)7/h2-5,13-14H,6-10H2,1H3;(H,6,7)/t13-,14-;/m1./s1. The van der Waals surface area contributed by atoms with Crippen LogP contribution in [-0.2, 0) is 16.1 Å². The lowest BCUT2D eigenvalue weighted by molar-refractivity contribution is -0.192. The van der Waals surface area contributed by atoms with Crippen LogP contribution < -0.4 is 0 Å². The Balaban J connectivity index is 0.000000298. The summed E-state index contributed by atoms with van der Waals surface area (Å²) >= 11 is 0. The Kier molecular flexibility index (Phi) is 6.22. The van der Waals surface area contributed by atoms with Crippen LogP contribution in [0.25, 0.3) is 0 Å². The van der Waals surface area contributed by atoms with Gasteiger partial charge in [0.15, 0.2) is 0 Å². The second kappa shape index (κ2) is 8.03. The zero-order valence-corrected chi connectivity index (χ0v) is 14.2. The number of piperidine rings is 1. The van der Waals surface area contributed by atoms with Gasteiger partial charge in [-0.1, -0.05) is 12.1 Å². The number of carboxylic acid groups (broad SMARTS) is 1. The maximum Gasteiger partial charge on any atom is 0.490 e. The number of likely N-dealkylation sites (tertiary alicyclic amines) is 2. The monoisotopic (exact) mass is 376 g/mol. The number of carbonyl (C=O) groups excluding carboxylic acids is 1. The highest BCUT2D eigenvalue weighted by atomic mass is 19.4. The number of aliphatic carboxylic acids is 1. The molecule has 1 aromatic rings. The van der Waals surface area contributed by atoms with Gasteiger partial charge in [-0.2, -0.15) is 13.2 Å². The molecule has 2 fully saturated rings. The van der Waals surface area contributed by atoms with E-state index in [0.717, 1.165) is 31.5 Å². The first-order chi connectivity index (χ1) is 12.1. The molecule has 26 heavy (non-hydrogen) atoms. The van der Waals surface area contributed by atoms with Crippen molar-refractivity contribution in [2.45, 2.75) is 44.1 Å². The van der Waals surface area contributed by atoms with Gasteiger partial charge in [0.1, 0.15) is 5.82 Å². The van der Waals surface area contributed by atoms with E-state index in [-0.39, 0.29) is 11.7 Å². The highest BCUT2D eigenvalue weighted by Crippen LogP contribution is 2.31. The van der Waals surface area contributed by atoms with Gasteiger partial charge in [-0.05, 0) is 30.5 Å². The second-order valence-corrected chi connectivity index (χ2v) is 6.37. The third kappa shape index (κ3) is 4.94. The van der Waals surface area contributed by atoms with E-state index in [1.165, 1.54) is 12.1 Å². The maximum atomic E-state index is 12.9. The largest absolute Gasteiger partial charge is 0.490 e. The summed E-state index contributed by atoms with van der Waals surface area (Å²) in [5, 5.41) is 7.12. The van der Waals surface area contributed by atoms with E-state index in [0.29, 0.717) is 18.5 Å². The average molecular weight is 376 g/mol. The van der Waals surface area contributed by atoms with Crippen LogP contribution in [0.5, 0.6) is 0 Å². The molecule has 2 heterocycles. The lowest BCUT2D eigenvalue weighted by atomic mass is 9.97. The van der Waals surface area contributed by atoms with Crippen LogP contribution >= 0.6 is 0 Å². The minimum absolute atomic E-state index is 0.189. The van der Waals surface area contributed by atoms with Crippen LogP contribution in [0.1, 0.15) is 24.8 Å². The molecule has 9 heteroatoms. The molecule has 0 unspecified atom stereocenters. The molecule has 3 rings (SSSR count). The molecule has 2 saturated heterocycles. The predicted octanol–water partition coefficient (Wildman–Crippen LogP) is 2.65. The summed E-state index contributed by atoms with van der Waals surface area (Å²) in [5.74, 6) is -2.68. The van der Waals surface area contributed by atoms with E-state index in [1.54, 1.807) is 0 Å². The third-order valence-electron chi connectivity index (χ3n) is 4.71. The quantitative estimate of drug-likeness (QED) is 0.807. The molecule has 2 aliphatic heterocycles. The fourth-order valence-corrected chi connectivity index (χ4v) is 3.38. The number of hydrogen-bond acceptors (Lipinski definition) is 3. The maximum absolute atomic E-state index is 12.9. The van der Waals surface area contributed by atoms with Gasteiger partial charge < -0.3 is 10.0 Å². The number of rotatable bonds is 2. The van der Waals surface area contributed by atoms with E-state index >= 15 is 0 Å². The second-order valence-electron chi connectivity index (χ2n) is 6.37. The van der Waals surface area contributed by atoms with E-state index in [1.807, 2.05) is 24.1 Å². The fraction of sp³-hybridized carbons (Fsp3) is 0.529. The molecule has 0 aromatic heterocycles. The van der Waals surface area contributed by atoms with Gasteiger partial charge in [-0.3, -0.25) is 9.69 Å². The molecule has 1 aromatic carbocycles. The molecule has 0 saturated carbocycles. The molecule has 0 aliphatic carbocycles. The van der Waals surface area contributed by atoms with Gasteiger partial charge in [0.25, 0.3) is 0 Å². The summed E-state index contributed by atoms with van der Waals surface area (Å²) in [6.07, 6.45) is -2.43. The van der Waals surface area contributed by atoms with Crippen molar-refractivity contribution in [3.8, 4) is 0 Å². The Morgan fingerprint density at radius 1 is 1.19 bits per heavy atom. The number of halogens is 4. The molecule has 144 valence electrons. The first-order valence-corrected chi connectivity index (χ1v) is 8.14. The van der Waals surface area contributed by atoms with Gasteiger partial charge in [-0.15, -0.1) is 0 Å². The average Bonchev–Trinajstić information content (AvgIpc) is 2.96. The lowest BCUT2D eigenvalue weighted by Crippen LogP contribution is -2.50. The number of carbonyl (C=O) groups is 2. The van der Waals surface area contributed by atoms with Gasteiger partial charge >= 0.3 is 12.1 Å². The highest BCUT2D eigenvalue weighted by Gasteiger charge is 2.41. The van der Waals surface area contributed by atoms with Crippen molar-refractivity contribution in [2.24, 2.45) is 0 Å². The predicted molar refractivity (Wildman–Crippen MR) is 84.7 cm³/mol. The topological polar surface area (TPSA) is 60.9 Å². The number of hydrogen-bond donors (Lipinski definition) is 1. The molecular formula is C17H20F4N2O3. The molecule has 5 nitrogen and oxygen atoms in total. The van der Waals surface area contributed by atoms with E-state index in [4.69, 9.17) is 9.90 Å². The van der Waals surface area contributed by atoms with Crippen LogP contribution in [0.2, 0.25) is 0 Å². The first kappa shape index (κ1) is 20.2. The van der Waals surface area contributed by atoms with E-state index in [2.05, 4.69) is 4.90 Å². The van der Waals surface area contributed by atoms with Crippen molar-refractivity contribution in [3.63, 3.8) is 0 Å². The fourth-order valence-electron chi connectivity index (χ4n) is 3.38. The first-order valence-electron chi connectivity index (χ1n) is 8.14. The van der Waals surface area contributed by atoms with E-state index in [9.17, 15) is 22.4 Å². The zero-order valence-electron chi connectivity index (χ0n) is 14.2. The number of benzene rings is 1. The summed E-state index contributed by atoms with van der Waals surface area (Å²) in [5.41, 5.74) is 1.14. The highest BCUT2D eigenvalue weighted by molar-refractivity contribution is 5.77. The Bertz CT molecular complexity index is 648. The molecule has 0 bridgehead atoms. The van der Waals surface area contributed by atoms with Crippen LogP contribution in [-0.4, -0.2) is 58.6 Å². The third-order valence-corrected chi connectivity index (χ3v) is 4.71. The minimum atomic E-state index is -5.08. The number of amides is 1. The van der Waals surface area contributed by atoms with Gasteiger partial charge in [-0.25, -0.2) is 9.18 Å². The number of carboxylic acids is 1. The molecule has 2 atom stereocenters. The summed E-state index contributed by atoms with van der Waals surface area (Å²) < 4.78 is 44.6. The Labute approximate surface area is 148 Å².